The number of nitrogens with one attached hydrogen (secondary N) is 1. The van der Waals surface area contributed by atoms with Gasteiger partial charge in [-0.2, -0.15) is 5.10 Å². The summed E-state index contributed by atoms with van der Waals surface area (Å²) in [5.74, 6) is 0.539. The Morgan fingerprint density at radius 2 is 2.25 bits per heavy atom. The number of pyridine rings is 1. The van der Waals surface area contributed by atoms with Gasteiger partial charge in [0.2, 0.25) is 0 Å². The van der Waals surface area contributed by atoms with E-state index in [9.17, 15) is 0 Å². The molecule has 0 atom stereocenters. The fraction of sp³-hybridized carbons (Fsp3) is 0.273. The van der Waals surface area contributed by atoms with Crippen LogP contribution in [0.2, 0.25) is 0 Å². The monoisotopic (exact) mass is 217 g/mol. The van der Waals surface area contributed by atoms with Crippen LogP contribution in [0, 0.1) is 0 Å². The Labute approximate surface area is 94.3 Å². The number of aryl methyl sites for hydroxylation is 1. The van der Waals surface area contributed by atoms with Crippen molar-refractivity contribution in [3.63, 3.8) is 0 Å². The first-order valence-corrected chi connectivity index (χ1v) is 5.18. The highest BCUT2D eigenvalue weighted by molar-refractivity contribution is 5.45. The second-order valence-corrected chi connectivity index (χ2v) is 3.59. The minimum absolute atomic E-state index is 0.539. The van der Waals surface area contributed by atoms with Gasteiger partial charge in [0.25, 0.3) is 0 Å². The Balaban J connectivity index is 1.84. The average molecular weight is 217 g/mol. The number of hydrogen-bond donors (Lipinski definition) is 2. The first kappa shape index (κ1) is 10.5. The molecule has 0 aliphatic carbocycles. The third-order valence-electron chi connectivity index (χ3n) is 2.42. The van der Waals surface area contributed by atoms with Gasteiger partial charge in [0.1, 0.15) is 5.82 Å². The maximum absolute atomic E-state index is 5.50. The highest BCUT2D eigenvalue weighted by Crippen LogP contribution is 2.07. The molecule has 0 aromatic carbocycles. The number of hydrogen-bond acceptors (Lipinski definition) is 4. The van der Waals surface area contributed by atoms with Gasteiger partial charge in [-0.25, -0.2) is 4.98 Å². The van der Waals surface area contributed by atoms with Crippen molar-refractivity contribution in [1.82, 2.24) is 14.8 Å². The fourth-order valence-corrected chi connectivity index (χ4v) is 1.49. The average Bonchev–Trinajstić information content (AvgIpc) is 2.68. The van der Waals surface area contributed by atoms with Crippen LogP contribution in [0.3, 0.4) is 0 Å². The molecule has 0 radical (unpaired) electrons. The molecule has 0 amide bonds. The summed E-state index contributed by atoms with van der Waals surface area (Å²) in [5, 5.41) is 7.39. The van der Waals surface area contributed by atoms with Crippen molar-refractivity contribution in [2.75, 3.05) is 17.6 Å². The van der Waals surface area contributed by atoms with Crippen molar-refractivity contribution in [2.24, 2.45) is 7.05 Å². The van der Waals surface area contributed by atoms with Crippen LogP contribution in [-0.2, 0) is 13.5 Å². The molecule has 2 rings (SSSR count). The molecule has 5 heteroatoms. The highest BCUT2D eigenvalue weighted by atomic mass is 15.3. The van der Waals surface area contributed by atoms with Gasteiger partial charge in [0.05, 0.1) is 11.9 Å². The minimum Gasteiger partial charge on any atom is -0.384 e. The van der Waals surface area contributed by atoms with Crippen molar-refractivity contribution in [3.05, 3.63) is 36.3 Å². The van der Waals surface area contributed by atoms with E-state index in [2.05, 4.69) is 15.4 Å². The van der Waals surface area contributed by atoms with E-state index in [1.54, 1.807) is 18.5 Å². The van der Waals surface area contributed by atoms with E-state index in [-0.39, 0.29) is 0 Å². The summed E-state index contributed by atoms with van der Waals surface area (Å²) in [6.45, 7) is 0.852. The zero-order chi connectivity index (χ0) is 11.4. The van der Waals surface area contributed by atoms with Crippen LogP contribution in [0.15, 0.2) is 30.6 Å². The molecule has 0 saturated heterocycles. The summed E-state index contributed by atoms with van der Waals surface area (Å²) in [6.07, 6.45) is 4.47. The molecule has 16 heavy (non-hydrogen) atoms. The Kier molecular flexibility index (Phi) is 3.05. The molecule has 2 aromatic heterocycles. The number of nitrogen functional groups attached to an aromatic ring is 1. The SMILES string of the molecule is Cn1nccc1CCNc1ccc(N)nc1. The second-order valence-electron chi connectivity index (χ2n) is 3.59. The number of nitrogens with zero attached hydrogens (tertiary/aromatic N) is 3. The molecule has 0 aliphatic rings. The third kappa shape index (κ3) is 2.50. The van der Waals surface area contributed by atoms with Crippen LogP contribution < -0.4 is 11.1 Å². The summed E-state index contributed by atoms with van der Waals surface area (Å²) in [4.78, 5) is 4.01. The third-order valence-corrected chi connectivity index (χ3v) is 2.42. The minimum atomic E-state index is 0.539. The summed E-state index contributed by atoms with van der Waals surface area (Å²) >= 11 is 0. The van der Waals surface area contributed by atoms with Gasteiger partial charge in [-0.3, -0.25) is 4.68 Å². The Morgan fingerprint density at radius 1 is 1.38 bits per heavy atom. The predicted molar refractivity (Wildman–Crippen MR) is 64.1 cm³/mol. The van der Waals surface area contributed by atoms with Crippen molar-refractivity contribution in [3.8, 4) is 0 Å². The quantitative estimate of drug-likeness (QED) is 0.803. The van der Waals surface area contributed by atoms with Crippen LogP contribution in [0.25, 0.3) is 0 Å². The zero-order valence-corrected chi connectivity index (χ0v) is 9.22. The highest BCUT2D eigenvalue weighted by Gasteiger charge is 1.98. The van der Waals surface area contributed by atoms with E-state index < -0.39 is 0 Å². The molecular formula is C11H15N5. The van der Waals surface area contributed by atoms with Crippen LogP contribution in [0.1, 0.15) is 5.69 Å². The summed E-state index contributed by atoms with van der Waals surface area (Å²) in [7, 11) is 1.94. The summed E-state index contributed by atoms with van der Waals surface area (Å²) < 4.78 is 1.88. The molecule has 2 aromatic rings. The van der Waals surface area contributed by atoms with Crippen LogP contribution in [0.5, 0.6) is 0 Å². The van der Waals surface area contributed by atoms with Crippen LogP contribution in [-0.4, -0.2) is 21.3 Å². The molecule has 84 valence electrons. The van der Waals surface area contributed by atoms with Crippen molar-refractivity contribution in [2.45, 2.75) is 6.42 Å². The molecule has 0 fully saturated rings. The van der Waals surface area contributed by atoms with Crippen LogP contribution >= 0.6 is 0 Å². The molecule has 3 N–H and O–H groups in total. The molecular weight excluding hydrogens is 202 g/mol. The Morgan fingerprint density at radius 3 is 2.88 bits per heavy atom. The van der Waals surface area contributed by atoms with E-state index in [0.29, 0.717) is 5.82 Å². The topological polar surface area (TPSA) is 68.8 Å². The summed E-state index contributed by atoms with van der Waals surface area (Å²) in [6, 6.07) is 5.72. The second kappa shape index (κ2) is 4.65. The van der Waals surface area contributed by atoms with Crippen LogP contribution in [0.4, 0.5) is 11.5 Å². The molecule has 2 heterocycles. The van der Waals surface area contributed by atoms with E-state index in [4.69, 9.17) is 5.73 Å². The van der Waals surface area contributed by atoms with Gasteiger partial charge >= 0.3 is 0 Å². The Bertz CT molecular complexity index is 446. The van der Waals surface area contributed by atoms with Crippen molar-refractivity contribution in [1.29, 1.82) is 0 Å². The maximum Gasteiger partial charge on any atom is 0.123 e. The normalized spacial score (nSPS) is 10.3. The standard InChI is InChI=1S/C11H15N5/c1-16-10(5-7-15-16)4-6-13-9-2-3-11(12)14-8-9/h2-3,5,7-8,13H,4,6H2,1H3,(H2,12,14). The van der Waals surface area contributed by atoms with Gasteiger partial charge in [0.15, 0.2) is 0 Å². The first-order valence-electron chi connectivity index (χ1n) is 5.18. The van der Waals surface area contributed by atoms with Crippen molar-refractivity contribution < 1.29 is 0 Å². The molecule has 0 saturated carbocycles. The summed E-state index contributed by atoms with van der Waals surface area (Å²) in [5.41, 5.74) is 7.69. The maximum atomic E-state index is 5.50. The lowest BCUT2D eigenvalue weighted by Gasteiger charge is -2.06. The first-order chi connectivity index (χ1) is 7.75. The Hall–Kier alpha value is -2.04. The lowest BCUT2D eigenvalue weighted by Crippen LogP contribution is -2.08. The number of rotatable bonds is 4. The lowest BCUT2D eigenvalue weighted by atomic mass is 10.3. The smallest absolute Gasteiger partial charge is 0.123 e. The van der Waals surface area contributed by atoms with E-state index in [1.807, 2.05) is 23.9 Å². The van der Waals surface area contributed by atoms with Crippen molar-refractivity contribution >= 4 is 11.5 Å². The lowest BCUT2D eigenvalue weighted by molar-refractivity contribution is 0.711. The predicted octanol–water partition coefficient (Wildman–Crippen LogP) is 1.05. The molecule has 5 nitrogen and oxygen atoms in total. The number of aromatic nitrogens is 3. The fourth-order valence-electron chi connectivity index (χ4n) is 1.49. The largest absolute Gasteiger partial charge is 0.384 e. The van der Waals surface area contributed by atoms with E-state index >= 15 is 0 Å². The molecule has 0 unspecified atom stereocenters. The number of nitrogens with two attached hydrogens (primary N) is 1. The van der Waals surface area contributed by atoms with Gasteiger partial charge in [-0.05, 0) is 18.2 Å². The van der Waals surface area contributed by atoms with Gasteiger partial charge < -0.3 is 11.1 Å². The number of anilines is 2. The zero-order valence-electron chi connectivity index (χ0n) is 9.22. The van der Waals surface area contributed by atoms with E-state index in [0.717, 1.165) is 18.7 Å². The molecule has 0 aliphatic heterocycles. The molecule has 0 bridgehead atoms. The van der Waals surface area contributed by atoms with Gasteiger partial charge in [0, 0.05) is 31.9 Å². The van der Waals surface area contributed by atoms with Gasteiger partial charge in [-0.1, -0.05) is 0 Å². The van der Waals surface area contributed by atoms with Gasteiger partial charge in [-0.15, -0.1) is 0 Å². The van der Waals surface area contributed by atoms with E-state index in [1.165, 1.54) is 5.69 Å². The molecule has 0 spiro atoms.